The zero-order valence-corrected chi connectivity index (χ0v) is 16.4. The Bertz CT molecular complexity index is 759. The highest BCUT2D eigenvalue weighted by Crippen LogP contribution is 2.08. The largest absolute Gasteiger partial charge is 0.478 e. The molecule has 0 aliphatic heterocycles. The summed E-state index contributed by atoms with van der Waals surface area (Å²) < 4.78 is 9.79. The van der Waals surface area contributed by atoms with Crippen LogP contribution in [0.1, 0.15) is 25.8 Å². The van der Waals surface area contributed by atoms with Crippen LogP contribution in [-0.4, -0.2) is 47.3 Å². The van der Waals surface area contributed by atoms with Gasteiger partial charge in [-0.15, -0.1) is 0 Å². The summed E-state index contributed by atoms with van der Waals surface area (Å²) in [7, 11) is 1.27. The van der Waals surface area contributed by atoms with Crippen LogP contribution in [0.4, 0.5) is 0 Å². The standard InChI is InChI=1S/C17H20O4.C4H4O4/c1-4-13(2)21-16(18)12-15(17(19)20-3)11-10-14-8-6-5-7-9-14;5-3(6)1-2-4(7)8/h5-13H,4H2,1-3H3;1-2H,(H,5,6)(H,7,8)/b11-10?,15-12-;2-1-. The van der Waals surface area contributed by atoms with E-state index in [4.69, 9.17) is 14.9 Å². The molecule has 0 aromatic heterocycles. The topological polar surface area (TPSA) is 127 Å². The summed E-state index contributed by atoms with van der Waals surface area (Å²) in [5.41, 5.74) is 1.07. The fourth-order valence-electron chi connectivity index (χ4n) is 1.63. The van der Waals surface area contributed by atoms with E-state index < -0.39 is 23.9 Å². The maximum absolute atomic E-state index is 11.7. The maximum atomic E-state index is 11.7. The number of carbonyl (C=O) groups excluding carboxylic acids is 2. The first kappa shape index (κ1) is 25.3. The van der Waals surface area contributed by atoms with Crippen molar-refractivity contribution < 1.29 is 38.9 Å². The minimum absolute atomic E-state index is 0.148. The SMILES string of the molecule is CCC(C)OC(=O)/C=C(/C=Cc1ccccc1)C(=O)OC.O=C(O)/C=C\C(=O)O. The zero-order valence-electron chi connectivity index (χ0n) is 16.4. The lowest BCUT2D eigenvalue weighted by Gasteiger charge is -2.08. The van der Waals surface area contributed by atoms with E-state index in [1.165, 1.54) is 7.11 Å². The van der Waals surface area contributed by atoms with Gasteiger partial charge in [0.2, 0.25) is 0 Å². The molecule has 29 heavy (non-hydrogen) atoms. The fourth-order valence-corrected chi connectivity index (χ4v) is 1.63. The molecule has 0 radical (unpaired) electrons. The van der Waals surface area contributed by atoms with Gasteiger partial charge in [0.05, 0.1) is 18.8 Å². The van der Waals surface area contributed by atoms with Gasteiger partial charge in [0.15, 0.2) is 0 Å². The van der Waals surface area contributed by atoms with Crippen molar-refractivity contribution in [1.82, 2.24) is 0 Å². The van der Waals surface area contributed by atoms with E-state index in [-0.39, 0.29) is 11.7 Å². The molecule has 0 saturated carbocycles. The number of hydrogen-bond donors (Lipinski definition) is 2. The lowest BCUT2D eigenvalue weighted by Crippen LogP contribution is -2.13. The Morgan fingerprint density at radius 3 is 2.00 bits per heavy atom. The Kier molecular flexibility index (Phi) is 12.6. The summed E-state index contributed by atoms with van der Waals surface area (Å²) in [5.74, 6) is -3.65. The molecule has 1 rings (SSSR count). The number of benzene rings is 1. The Labute approximate surface area is 168 Å². The molecule has 0 aliphatic carbocycles. The second kappa shape index (κ2) is 14.4. The summed E-state index contributed by atoms with van der Waals surface area (Å²) >= 11 is 0. The molecule has 1 atom stereocenters. The average molecular weight is 404 g/mol. The van der Waals surface area contributed by atoms with Gasteiger partial charge in [0.25, 0.3) is 0 Å². The van der Waals surface area contributed by atoms with E-state index in [1.54, 1.807) is 19.1 Å². The number of ether oxygens (including phenoxy) is 2. The van der Waals surface area contributed by atoms with Gasteiger partial charge in [-0.1, -0.05) is 43.3 Å². The summed E-state index contributed by atoms with van der Waals surface area (Å²) in [6, 6.07) is 9.46. The number of carboxylic acid groups (broad SMARTS) is 2. The van der Waals surface area contributed by atoms with E-state index in [0.717, 1.165) is 11.6 Å². The highest BCUT2D eigenvalue weighted by atomic mass is 16.5. The summed E-state index contributed by atoms with van der Waals surface area (Å²) in [5, 5.41) is 15.6. The van der Waals surface area contributed by atoms with Gasteiger partial charge in [0.1, 0.15) is 0 Å². The van der Waals surface area contributed by atoms with Crippen LogP contribution in [0.2, 0.25) is 0 Å². The molecule has 0 aliphatic rings. The highest BCUT2D eigenvalue weighted by Gasteiger charge is 2.11. The highest BCUT2D eigenvalue weighted by molar-refractivity contribution is 5.99. The van der Waals surface area contributed by atoms with Crippen molar-refractivity contribution >= 4 is 30.0 Å². The fraction of sp³-hybridized carbons (Fsp3) is 0.238. The number of hydrogen-bond acceptors (Lipinski definition) is 6. The van der Waals surface area contributed by atoms with Gasteiger partial charge in [0, 0.05) is 18.2 Å². The van der Waals surface area contributed by atoms with E-state index in [9.17, 15) is 19.2 Å². The number of aliphatic carboxylic acids is 2. The molecule has 1 unspecified atom stereocenters. The van der Waals surface area contributed by atoms with Crippen LogP contribution in [0.25, 0.3) is 6.08 Å². The van der Waals surface area contributed by atoms with E-state index >= 15 is 0 Å². The lowest BCUT2D eigenvalue weighted by molar-refractivity contribution is -0.143. The molecule has 0 spiro atoms. The third kappa shape index (κ3) is 13.2. The minimum Gasteiger partial charge on any atom is -0.478 e. The molecule has 2 N–H and O–H groups in total. The second-order valence-corrected chi connectivity index (χ2v) is 5.50. The normalized spacial score (nSPS) is 12.0. The van der Waals surface area contributed by atoms with Crippen LogP contribution in [0.5, 0.6) is 0 Å². The molecule has 1 aromatic carbocycles. The van der Waals surface area contributed by atoms with Crippen LogP contribution >= 0.6 is 0 Å². The Balaban J connectivity index is 0.000000828. The van der Waals surface area contributed by atoms with Crippen LogP contribution in [0, 0.1) is 0 Å². The molecule has 8 nitrogen and oxygen atoms in total. The Morgan fingerprint density at radius 2 is 1.55 bits per heavy atom. The van der Waals surface area contributed by atoms with Crippen LogP contribution in [-0.2, 0) is 28.7 Å². The van der Waals surface area contributed by atoms with Gasteiger partial charge in [-0.2, -0.15) is 0 Å². The van der Waals surface area contributed by atoms with Crippen LogP contribution in [0.15, 0.2) is 60.2 Å². The average Bonchev–Trinajstić information content (AvgIpc) is 2.70. The van der Waals surface area contributed by atoms with E-state index in [1.807, 2.05) is 37.3 Å². The Hall–Kier alpha value is -3.68. The van der Waals surface area contributed by atoms with Crippen molar-refractivity contribution in [3.8, 4) is 0 Å². The molecule has 8 heteroatoms. The number of methoxy groups -OCH3 is 1. The predicted molar refractivity (Wildman–Crippen MR) is 106 cm³/mol. The van der Waals surface area contributed by atoms with Crippen molar-refractivity contribution in [3.05, 3.63) is 65.8 Å². The van der Waals surface area contributed by atoms with Crippen molar-refractivity contribution in [2.75, 3.05) is 7.11 Å². The van der Waals surface area contributed by atoms with Crippen molar-refractivity contribution in [2.45, 2.75) is 26.4 Å². The summed E-state index contributed by atoms with van der Waals surface area (Å²) in [6.07, 6.45) is 6.07. The first-order chi connectivity index (χ1) is 13.7. The molecule has 0 saturated heterocycles. The third-order valence-electron chi connectivity index (χ3n) is 3.21. The number of esters is 2. The van der Waals surface area contributed by atoms with Crippen molar-refractivity contribution in [2.24, 2.45) is 0 Å². The monoisotopic (exact) mass is 404 g/mol. The molecule has 0 heterocycles. The van der Waals surface area contributed by atoms with Crippen molar-refractivity contribution in [3.63, 3.8) is 0 Å². The maximum Gasteiger partial charge on any atom is 0.338 e. The van der Waals surface area contributed by atoms with Crippen LogP contribution in [0.3, 0.4) is 0 Å². The van der Waals surface area contributed by atoms with Gasteiger partial charge in [-0.3, -0.25) is 0 Å². The molecule has 0 bridgehead atoms. The Morgan fingerprint density at radius 1 is 1.00 bits per heavy atom. The first-order valence-corrected chi connectivity index (χ1v) is 8.57. The van der Waals surface area contributed by atoms with E-state index in [0.29, 0.717) is 18.6 Å². The number of rotatable bonds is 8. The van der Waals surface area contributed by atoms with Gasteiger partial charge >= 0.3 is 23.9 Å². The predicted octanol–water partition coefficient (Wildman–Crippen LogP) is 2.85. The van der Waals surface area contributed by atoms with Crippen molar-refractivity contribution in [1.29, 1.82) is 0 Å². The smallest absolute Gasteiger partial charge is 0.338 e. The quantitative estimate of drug-likeness (QED) is 0.385. The van der Waals surface area contributed by atoms with Gasteiger partial charge in [-0.25, -0.2) is 19.2 Å². The summed E-state index contributed by atoms with van der Waals surface area (Å²) in [4.78, 5) is 42.5. The molecule has 0 fully saturated rings. The first-order valence-electron chi connectivity index (χ1n) is 8.57. The lowest BCUT2D eigenvalue weighted by atomic mass is 10.1. The third-order valence-corrected chi connectivity index (χ3v) is 3.21. The van der Waals surface area contributed by atoms with Gasteiger partial charge < -0.3 is 19.7 Å². The molecule has 156 valence electrons. The number of carboxylic acids is 2. The zero-order chi connectivity index (χ0) is 22.2. The molecule has 0 amide bonds. The van der Waals surface area contributed by atoms with E-state index in [2.05, 4.69) is 4.74 Å². The minimum atomic E-state index is -1.26. The molecular formula is C21H24O8. The second-order valence-electron chi connectivity index (χ2n) is 5.50. The summed E-state index contributed by atoms with van der Waals surface area (Å²) in [6.45, 7) is 3.71. The molecule has 1 aromatic rings. The number of carbonyl (C=O) groups is 4. The van der Waals surface area contributed by atoms with Crippen LogP contribution < -0.4 is 0 Å². The van der Waals surface area contributed by atoms with Gasteiger partial charge in [-0.05, 0) is 25.0 Å². The molecular weight excluding hydrogens is 380 g/mol.